The van der Waals surface area contributed by atoms with E-state index in [1.807, 2.05) is 36.6 Å². The Labute approximate surface area is 130 Å². The first-order valence-corrected chi connectivity index (χ1v) is 8.08. The topological polar surface area (TPSA) is 48.1 Å². The van der Waals surface area contributed by atoms with Gasteiger partial charge in [0.05, 0.1) is 25.2 Å². The van der Waals surface area contributed by atoms with Crippen LogP contribution in [0.3, 0.4) is 0 Å². The highest BCUT2D eigenvalue weighted by atomic mass is 16.5. The highest BCUT2D eigenvalue weighted by Crippen LogP contribution is 2.36. The van der Waals surface area contributed by atoms with Crippen LogP contribution in [0.1, 0.15) is 18.4 Å². The summed E-state index contributed by atoms with van der Waals surface area (Å²) < 4.78 is 10.2. The van der Waals surface area contributed by atoms with Gasteiger partial charge in [0.1, 0.15) is 0 Å². The SMILES string of the molecule is Cn1cc(CN2CCOC3C(Cn4ccnc4)CCC32)cn1. The first kappa shape index (κ1) is 14.0. The maximum absolute atomic E-state index is 6.14. The van der Waals surface area contributed by atoms with Crippen LogP contribution in [-0.4, -0.2) is 49.5 Å². The van der Waals surface area contributed by atoms with E-state index in [2.05, 4.69) is 25.7 Å². The predicted molar refractivity (Wildman–Crippen MR) is 82.1 cm³/mol. The summed E-state index contributed by atoms with van der Waals surface area (Å²) in [6, 6.07) is 0.544. The number of morpholine rings is 1. The molecule has 0 N–H and O–H groups in total. The minimum absolute atomic E-state index is 0.354. The number of ether oxygens (including phenoxy) is 1. The third kappa shape index (κ3) is 2.68. The van der Waals surface area contributed by atoms with Gasteiger partial charge < -0.3 is 9.30 Å². The maximum atomic E-state index is 6.14. The van der Waals surface area contributed by atoms with Crippen LogP contribution < -0.4 is 0 Å². The van der Waals surface area contributed by atoms with Crippen LogP contribution in [0.4, 0.5) is 0 Å². The van der Waals surface area contributed by atoms with E-state index < -0.39 is 0 Å². The van der Waals surface area contributed by atoms with Gasteiger partial charge in [0.15, 0.2) is 0 Å². The molecule has 3 unspecified atom stereocenters. The summed E-state index contributed by atoms with van der Waals surface area (Å²) in [5.74, 6) is 0.593. The molecule has 0 radical (unpaired) electrons. The van der Waals surface area contributed by atoms with Crippen LogP contribution in [0.5, 0.6) is 0 Å². The molecule has 2 aromatic rings. The fourth-order valence-electron chi connectivity index (χ4n) is 3.98. The Morgan fingerprint density at radius 2 is 2.32 bits per heavy atom. The van der Waals surface area contributed by atoms with Crippen LogP contribution >= 0.6 is 0 Å². The molecule has 1 aliphatic heterocycles. The monoisotopic (exact) mass is 301 g/mol. The molecule has 22 heavy (non-hydrogen) atoms. The maximum Gasteiger partial charge on any atom is 0.0946 e. The summed E-state index contributed by atoms with van der Waals surface area (Å²) in [4.78, 5) is 6.73. The number of fused-ring (bicyclic) bond motifs is 1. The number of aryl methyl sites for hydroxylation is 1. The molecular formula is C16H23N5O. The second-order valence-electron chi connectivity index (χ2n) is 6.49. The smallest absolute Gasteiger partial charge is 0.0946 e. The normalized spacial score (nSPS) is 28.9. The predicted octanol–water partition coefficient (Wildman–Crippen LogP) is 1.30. The molecule has 2 aromatic heterocycles. The zero-order chi connectivity index (χ0) is 14.9. The molecule has 2 aliphatic rings. The molecule has 0 bridgehead atoms. The standard InChI is InChI=1S/C16H23N5O/c1-19-9-13(8-18-19)10-21-6-7-22-16-14(2-3-15(16)21)11-20-5-4-17-12-20/h4-5,8-9,12,14-16H,2-3,6-7,10-11H2,1H3. The molecule has 3 atom stereocenters. The van der Waals surface area contributed by atoms with Crippen molar-refractivity contribution < 1.29 is 4.74 Å². The van der Waals surface area contributed by atoms with Crippen molar-refractivity contribution in [2.45, 2.75) is 38.1 Å². The second-order valence-corrected chi connectivity index (χ2v) is 6.49. The molecule has 1 saturated carbocycles. The van der Waals surface area contributed by atoms with Gasteiger partial charge in [-0.1, -0.05) is 0 Å². The Morgan fingerprint density at radius 3 is 3.09 bits per heavy atom. The Kier molecular flexibility index (Phi) is 3.72. The molecule has 6 nitrogen and oxygen atoms in total. The van der Waals surface area contributed by atoms with Gasteiger partial charge in [-0.15, -0.1) is 0 Å². The number of hydrogen-bond donors (Lipinski definition) is 0. The van der Waals surface area contributed by atoms with E-state index in [-0.39, 0.29) is 0 Å². The average molecular weight is 301 g/mol. The molecule has 0 amide bonds. The first-order valence-electron chi connectivity index (χ1n) is 8.08. The van der Waals surface area contributed by atoms with Crippen LogP contribution in [0, 0.1) is 5.92 Å². The molecule has 0 aromatic carbocycles. The van der Waals surface area contributed by atoms with E-state index in [1.54, 1.807) is 0 Å². The fourth-order valence-corrected chi connectivity index (χ4v) is 3.98. The van der Waals surface area contributed by atoms with Crippen molar-refractivity contribution >= 4 is 0 Å². The molecule has 1 aliphatic carbocycles. The van der Waals surface area contributed by atoms with Gasteiger partial charge in [0.25, 0.3) is 0 Å². The third-order valence-corrected chi connectivity index (χ3v) is 4.98. The minimum atomic E-state index is 0.354. The molecule has 2 fully saturated rings. The van der Waals surface area contributed by atoms with Gasteiger partial charge in [0.2, 0.25) is 0 Å². The minimum Gasteiger partial charge on any atom is -0.375 e. The van der Waals surface area contributed by atoms with Gasteiger partial charge in [-0.25, -0.2) is 4.98 Å². The van der Waals surface area contributed by atoms with E-state index in [4.69, 9.17) is 4.74 Å². The quantitative estimate of drug-likeness (QED) is 0.854. The van der Waals surface area contributed by atoms with Gasteiger partial charge in [0, 0.05) is 62.8 Å². The Hall–Kier alpha value is -1.66. The van der Waals surface area contributed by atoms with Crippen molar-refractivity contribution in [2.75, 3.05) is 13.2 Å². The number of hydrogen-bond acceptors (Lipinski definition) is 4. The van der Waals surface area contributed by atoms with Crippen molar-refractivity contribution in [1.82, 2.24) is 24.2 Å². The number of aromatic nitrogens is 4. The number of rotatable bonds is 4. The lowest BCUT2D eigenvalue weighted by Gasteiger charge is -2.39. The lowest BCUT2D eigenvalue weighted by atomic mass is 10.0. The number of nitrogens with zero attached hydrogens (tertiary/aromatic N) is 5. The van der Waals surface area contributed by atoms with Crippen molar-refractivity contribution in [3.63, 3.8) is 0 Å². The fraction of sp³-hybridized carbons (Fsp3) is 0.625. The average Bonchev–Trinajstić information content (AvgIpc) is 3.23. The highest BCUT2D eigenvalue weighted by molar-refractivity contribution is 5.05. The third-order valence-electron chi connectivity index (χ3n) is 4.98. The molecule has 6 heteroatoms. The van der Waals surface area contributed by atoms with Crippen LogP contribution in [0.15, 0.2) is 31.1 Å². The summed E-state index contributed by atoms with van der Waals surface area (Å²) in [6.45, 7) is 3.85. The van der Waals surface area contributed by atoms with E-state index >= 15 is 0 Å². The van der Waals surface area contributed by atoms with Gasteiger partial charge in [-0.05, 0) is 12.8 Å². The largest absolute Gasteiger partial charge is 0.375 e. The van der Waals surface area contributed by atoms with E-state index in [1.165, 1.54) is 18.4 Å². The lowest BCUT2D eigenvalue weighted by molar-refractivity contribution is -0.0786. The second kappa shape index (κ2) is 5.85. The summed E-state index contributed by atoms with van der Waals surface area (Å²) >= 11 is 0. The lowest BCUT2D eigenvalue weighted by Crippen LogP contribution is -2.50. The Bertz CT molecular complexity index is 608. The molecule has 1 saturated heterocycles. The van der Waals surface area contributed by atoms with Crippen molar-refractivity contribution in [1.29, 1.82) is 0 Å². The van der Waals surface area contributed by atoms with Gasteiger partial charge >= 0.3 is 0 Å². The Balaban J connectivity index is 1.44. The summed E-state index contributed by atoms with van der Waals surface area (Å²) in [7, 11) is 1.97. The van der Waals surface area contributed by atoms with Crippen molar-refractivity contribution in [3.05, 3.63) is 36.7 Å². The summed E-state index contributed by atoms with van der Waals surface area (Å²) in [5, 5.41) is 4.28. The molecule has 118 valence electrons. The summed E-state index contributed by atoms with van der Waals surface area (Å²) in [5.41, 5.74) is 1.29. The van der Waals surface area contributed by atoms with Crippen LogP contribution in [-0.2, 0) is 24.9 Å². The first-order chi connectivity index (χ1) is 10.8. The van der Waals surface area contributed by atoms with Crippen LogP contribution in [0.2, 0.25) is 0 Å². The van der Waals surface area contributed by atoms with E-state index in [0.717, 1.165) is 26.2 Å². The molecule has 3 heterocycles. The zero-order valence-corrected chi connectivity index (χ0v) is 13.0. The number of imidazole rings is 1. The van der Waals surface area contributed by atoms with Gasteiger partial charge in [-0.2, -0.15) is 5.10 Å². The summed E-state index contributed by atoms with van der Waals surface area (Å²) in [6.07, 6.45) is 12.7. The molecule has 4 rings (SSSR count). The van der Waals surface area contributed by atoms with Crippen molar-refractivity contribution in [2.24, 2.45) is 13.0 Å². The van der Waals surface area contributed by atoms with E-state index in [0.29, 0.717) is 18.1 Å². The van der Waals surface area contributed by atoms with Gasteiger partial charge in [-0.3, -0.25) is 9.58 Å². The highest BCUT2D eigenvalue weighted by Gasteiger charge is 2.42. The Morgan fingerprint density at radius 1 is 1.36 bits per heavy atom. The zero-order valence-electron chi connectivity index (χ0n) is 13.0. The van der Waals surface area contributed by atoms with E-state index in [9.17, 15) is 0 Å². The van der Waals surface area contributed by atoms with Crippen LogP contribution in [0.25, 0.3) is 0 Å². The molecule has 0 spiro atoms. The molecular weight excluding hydrogens is 278 g/mol. The van der Waals surface area contributed by atoms with Crippen molar-refractivity contribution in [3.8, 4) is 0 Å².